The van der Waals surface area contributed by atoms with Crippen LogP contribution in [-0.2, 0) is 6.42 Å². The SMILES string of the molecule is O=[N+]([O-])c1ccc(CCCCCN2CCCCC2)cc1. The van der Waals surface area contributed by atoms with Crippen LogP contribution < -0.4 is 0 Å². The molecule has 2 rings (SSSR count). The topological polar surface area (TPSA) is 46.4 Å². The summed E-state index contributed by atoms with van der Waals surface area (Å²) < 4.78 is 0. The van der Waals surface area contributed by atoms with Crippen LogP contribution in [-0.4, -0.2) is 29.5 Å². The van der Waals surface area contributed by atoms with Crippen LogP contribution >= 0.6 is 0 Å². The third-order valence-corrected chi connectivity index (χ3v) is 4.04. The molecular formula is C16H24N2O2. The Morgan fingerprint density at radius 3 is 2.35 bits per heavy atom. The summed E-state index contributed by atoms with van der Waals surface area (Å²) >= 11 is 0. The summed E-state index contributed by atoms with van der Waals surface area (Å²) in [5.41, 5.74) is 1.38. The van der Waals surface area contributed by atoms with E-state index in [9.17, 15) is 10.1 Å². The summed E-state index contributed by atoms with van der Waals surface area (Å²) in [4.78, 5) is 12.8. The van der Waals surface area contributed by atoms with Crippen LogP contribution in [0.1, 0.15) is 44.1 Å². The normalized spacial score (nSPS) is 16.2. The number of piperidine rings is 1. The second kappa shape index (κ2) is 8.00. The van der Waals surface area contributed by atoms with Crippen molar-refractivity contribution in [2.45, 2.75) is 44.9 Å². The highest BCUT2D eigenvalue weighted by Gasteiger charge is 2.09. The number of hydrogen-bond acceptors (Lipinski definition) is 3. The number of benzene rings is 1. The van der Waals surface area contributed by atoms with Crippen molar-refractivity contribution < 1.29 is 4.92 Å². The number of non-ortho nitro benzene ring substituents is 1. The van der Waals surface area contributed by atoms with Crippen molar-refractivity contribution in [2.75, 3.05) is 19.6 Å². The van der Waals surface area contributed by atoms with Crippen molar-refractivity contribution in [3.8, 4) is 0 Å². The lowest BCUT2D eigenvalue weighted by Gasteiger charge is -2.26. The molecule has 1 heterocycles. The summed E-state index contributed by atoms with van der Waals surface area (Å²) in [7, 11) is 0. The molecule has 0 unspecified atom stereocenters. The van der Waals surface area contributed by atoms with Gasteiger partial charge >= 0.3 is 0 Å². The molecule has 1 aromatic rings. The van der Waals surface area contributed by atoms with Gasteiger partial charge in [-0.05, 0) is 57.3 Å². The lowest BCUT2D eigenvalue weighted by atomic mass is 10.1. The van der Waals surface area contributed by atoms with Gasteiger partial charge in [-0.1, -0.05) is 25.0 Å². The molecule has 1 fully saturated rings. The number of nitro benzene ring substituents is 1. The highest BCUT2D eigenvalue weighted by atomic mass is 16.6. The molecule has 20 heavy (non-hydrogen) atoms. The number of nitrogens with zero attached hydrogens (tertiary/aromatic N) is 2. The third-order valence-electron chi connectivity index (χ3n) is 4.04. The van der Waals surface area contributed by atoms with Gasteiger partial charge in [0.1, 0.15) is 0 Å². The molecular weight excluding hydrogens is 252 g/mol. The van der Waals surface area contributed by atoms with E-state index >= 15 is 0 Å². The number of nitro groups is 1. The molecule has 0 aliphatic carbocycles. The molecule has 1 aliphatic heterocycles. The summed E-state index contributed by atoms with van der Waals surface area (Å²) in [6.07, 6.45) is 8.84. The maximum Gasteiger partial charge on any atom is 0.269 e. The smallest absolute Gasteiger partial charge is 0.269 e. The largest absolute Gasteiger partial charge is 0.303 e. The molecule has 0 spiro atoms. The van der Waals surface area contributed by atoms with Crippen molar-refractivity contribution in [3.05, 3.63) is 39.9 Å². The minimum absolute atomic E-state index is 0.179. The Bertz CT molecular complexity index is 411. The monoisotopic (exact) mass is 276 g/mol. The van der Waals surface area contributed by atoms with Gasteiger partial charge in [0.2, 0.25) is 0 Å². The first-order valence-electron chi connectivity index (χ1n) is 7.71. The van der Waals surface area contributed by atoms with E-state index in [-0.39, 0.29) is 10.6 Å². The van der Waals surface area contributed by atoms with Gasteiger partial charge in [-0.15, -0.1) is 0 Å². The van der Waals surface area contributed by atoms with Gasteiger partial charge in [0, 0.05) is 12.1 Å². The Hall–Kier alpha value is -1.42. The summed E-state index contributed by atoms with van der Waals surface area (Å²) in [5.74, 6) is 0. The Morgan fingerprint density at radius 1 is 1.00 bits per heavy atom. The standard InChI is InChI=1S/C16H24N2O2/c19-18(20)16-10-8-15(9-11-16)7-3-1-4-12-17-13-5-2-6-14-17/h8-11H,1-7,12-14H2. The minimum atomic E-state index is -0.345. The Kier molecular flexibility index (Phi) is 5.99. The first-order valence-corrected chi connectivity index (χ1v) is 7.71. The number of aryl methyl sites for hydroxylation is 1. The van der Waals surface area contributed by atoms with Gasteiger partial charge in [0.15, 0.2) is 0 Å². The van der Waals surface area contributed by atoms with Crippen LogP contribution in [0, 0.1) is 10.1 Å². The lowest BCUT2D eigenvalue weighted by molar-refractivity contribution is -0.384. The Labute approximate surface area is 120 Å². The fraction of sp³-hybridized carbons (Fsp3) is 0.625. The van der Waals surface area contributed by atoms with Crippen LogP contribution in [0.4, 0.5) is 5.69 Å². The second-order valence-corrected chi connectivity index (χ2v) is 5.64. The lowest BCUT2D eigenvalue weighted by Crippen LogP contribution is -2.30. The molecule has 0 N–H and O–H groups in total. The third kappa shape index (κ3) is 4.93. The maximum absolute atomic E-state index is 10.6. The average molecular weight is 276 g/mol. The van der Waals surface area contributed by atoms with E-state index in [1.165, 1.54) is 63.7 Å². The highest BCUT2D eigenvalue weighted by molar-refractivity contribution is 5.32. The van der Waals surface area contributed by atoms with E-state index in [1.54, 1.807) is 12.1 Å². The average Bonchev–Trinajstić information content (AvgIpc) is 2.48. The molecule has 1 aromatic carbocycles. The van der Waals surface area contributed by atoms with Crippen molar-refractivity contribution in [3.63, 3.8) is 0 Å². The minimum Gasteiger partial charge on any atom is -0.303 e. The Morgan fingerprint density at radius 2 is 1.70 bits per heavy atom. The van der Waals surface area contributed by atoms with Gasteiger partial charge in [0.05, 0.1) is 4.92 Å². The van der Waals surface area contributed by atoms with E-state index in [0.717, 1.165) is 6.42 Å². The van der Waals surface area contributed by atoms with E-state index in [0.29, 0.717) is 0 Å². The molecule has 4 heteroatoms. The van der Waals surface area contributed by atoms with Gasteiger partial charge in [-0.3, -0.25) is 10.1 Å². The zero-order valence-corrected chi connectivity index (χ0v) is 12.1. The van der Waals surface area contributed by atoms with Crippen molar-refractivity contribution >= 4 is 5.69 Å². The molecule has 0 atom stereocenters. The van der Waals surface area contributed by atoms with Crippen molar-refractivity contribution in [1.29, 1.82) is 0 Å². The number of rotatable bonds is 7. The van der Waals surface area contributed by atoms with Crippen LogP contribution in [0.5, 0.6) is 0 Å². The quantitative estimate of drug-likeness (QED) is 0.432. The van der Waals surface area contributed by atoms with Crippen LogP contribution in [0.25, 0.3) is 0 Å². The van der Waals surface area contributed by atoms with E-state index < -0.39 is 0 Å². The molecule has 0 radical (unpaired) electrons. The summed E-state index contributed by atoms with van der Waals surface area (Å²) in [6, 6.07) is 6.96. The first kappa shape index (κ1) is 15.0. The predicted molar refractivity (Wildman–Crippen MR) is 80.9 cm³/mol. The van der Waals surface area contributed by atoms with Gasteiger partial charge in [-0.2, -0.15) is 0 Å². The fourth-order valence-electron chi connectivity index (χ4n) is 2.81. The number of hydrogen-bond donors (Lipinski definition) is 0. The van der Waals surface area contributed by atoms with Crippen LogP contribution in [0.2, 0.25) is 0 Å². The zero-order valence-electron chi connectivity index (χ0n) is 12.1. The summed E-state index contributed by atoms with van der Waals surface area (Å²) in [5, 5.41) is 10.6. The van der Waals surface area contributed by atoms with E-state index in [1.807, 2.05) is 12.1 Å². The number of unbranched alkanes of at least 4 members (excludes halogenated alkanes) is 2. The molecule has 1 aliphatic rings. The fourth-order valence-corrected chi connectivity index (χ4v) is 2.81. The predicted octanol–water partition coefficient (Wildman–Crippen LogP) is 3.79. The van der Waals surface area contributed by atoms with E-state index in [2.05, 4.69) is 4.90 Å². The second-order valence-electron chi connectivity index (χ2n) is 5.64. The van der Waals surface area contributed by atoms with Crippen LogP contribution in [0.15, 0.2) is 24.3 Å². The first-order chi connectivity index (χ1) is 9.75. The molecule has 0 saturated carbocycles. The highest BCUT2D eigenvalue weighted by Crippen LogP contribution is 2.14. The molecule has 0 bridgehead atoms. The zero-order chi connectivity index (χ0) is 14.2. The van der Waals surface area contributed by atoms with Crippen molar-refractivity contribution in [1.82, 2.24) is 4.90 Å². The molecule has 1 saturated heterocycles. The molecule has 4 nitrogen and oxygen atoms in total. The van der Waals surface area contributed by atoms with Gasteiger partial charge < -0.3 is 4.90 Å². The molecule has 0 amide bonds. The molecule has 0 aromatic heterocycles. The molecule has 110 valence electrons. The van der Waals surface area contributed by atoms with Gasteiger partial charge in [0.25, 0.3) is 5.69 Å². The summed E-state index contributed by atoms with van der Waals surface area (Å²) in [6.45, 7) is 3.80. The van der Waals surface area contributed by atoms with Crippen LogP contribution in [0.3, 0.4) is 0 Å². The van der Waals surface area contributed by atoms with Gasteiger partial charge in [-0.25, -0.2) is 0 Å². The number of likely N-dealkylation sites (tertiary alicyclic amines) is 1. The van der Waals surface area contributed by atoms with E-state index in [4.69, 9.17) is 0 Å². The maximum atomic E-state index is 10.6. The van der Waals surface area contributed by atoms with Crippen molar-refractivity contribution in [2.24, 2.45) is 0 Å². The Balaban J connectivity index is 1.59.